The number of aliphatic hydroxyl groups is 1. The van der Waals surface area contributed by atoms with Gasteiger partial charge in [-0.1, -0.05) is 6.42 Å². The molecule has 0 aliphatic carbocycles. The van der Waals surface area contributed by atoms with Crippen LogP contribution in [0.3, 0.4) is 0 Å². The van der Waals surface area contributed by atoms with E-state index in [9.17, 15) is 0 Å². The molecule has 0 atom stereocenters. The summed E-state index contributed by atoms with van der Waals surface area (Å²) in [5.41, 5.74) is 6.64. The normalized spacial score (nSPS) is 12.7. The van der Waals surface area contributed by atoms with Crippen molar-refractivity contribution in [2.24, 2.45) is 5.73 Å². The number of fused-ring (bicyclic) bond motifs is 1. The molecule has 19 heavy (non-hydrogen) atoms. The number of aliphatic hydroxyl groups excluding tert-OH is 1. The van der Waals surface area contributed by atoms with Gasteiger partial charge in [-0.3, -0.25) is 0 Å². The Morgan fingerprint density at radius 2 is 1.84 bits per heavy atom. The fraction of sp³-hybridized carbons (Fsp3) is 0.571. The van der Waals surface area contributed by atoms with Crippen LogP contribution in [0.5, 0.6) is 17.2 Å². The molecular weight excluding hydrogens is 246 g/mol. The van der Waals surface area contributed by atoms with Crippen molar-refractivity contribution in [3.63, 3.8) is 0 Å². The molecule has 106 valence electrons. The molecule has 3 N–H and O–H groups in total. The van der Waals surface area contributed by atoms with Gasteiger partial charge in [0.2, 0.25) is 6.79 Å². The Hall–Kier alpha value is -1.46. The van der Waals surface area contributed by atoms with E-state index in [1.165, 1.54) is 0 Å². The molecule has 0 bridgehead atoms. The Kier molecular flexibility index (Phi) is 5.30. The minimum absolute atomic E-state index is 0.254. The summed E-state index contributed by atoms with van der Waals surface area (Å²) in [5, 5.41) is 8.69. The van der Waals surface area contributed by atoms with Crippen LogP contribution in [0.25, 0.3) is 0 Å². The van der Waals surface area contributed by atoms with E-state index in [2.05, 4.69) is 0 Å². The van der Waals surface area contributed by atoms with Gasteiger partial charge in [0.1, 0.15) is 5.75 Å². The molecule has 0 saturated heterocycles. The van der Waals surface area contributed by atoms with Gasteiger partial charge >= 0.3 is 0 Å². The molecule has 0 amide bonds. The third-order valence-electron chi connectivity index (χ3n) is 3.09. The van der Waals surface area contributed by atoms with Crippen molar-refractivity contribution in [2.45, 2.75) is 32.2 Å². The predicted octanol–water partition coefficient (Wildman–Crippen LogP) is 1.81. The zero-order chi connectivity index (χ0) is 13.5. The molecule has 0 radical (unpaired) electrons. The first-order valence-electron chi connectivity index (χ1n) is 6.71. The lowest BCUT2D eigenvalue weighted by Crippen LogP contribution is -2.04. The molecule has 1 heterocycles. The van der Waals surface area contributed by atoms with E-state index in [1.54, 1.807) is 0 Å². The van der Waals surface area contributed by atoms with Crippen molar-refractivity contribution in [3.05, 3.63) is 17.7 Å². The number of rotatable bonds is 8. The summed E-state index contributed by atoms with van der Waals surface area (Å²) in [5.74, 6) is 2.22. The molecule has 0 aromatic heterocycles. The van der Waals surface area contributed by atoms with E-state index in [4.69, 9.17) is 25.1 Å². The number of hydrogen-bond acceptors (Lipinski definition) is 5. The minimum Gasteiger partial charge on any atom is -0.493 e. The van der Waals surface area contributed by atoms with Crippen LogP contribution >= 0.6 is 0 Å². The molecule has 0 fully saturated rings. The molecular formula is C14H21NO4. The van der Waals surface area contributed by atoms with Crippen LogP contribution in [0.2, 0.25) is 0 Å². The molecule has 1 aromatic rings. The zero-order valence-corrected chi connectivity index (χ0v) is 11.1. The fourth-order valence-electron chi connectivity index (χ4n) is 2.01. The van der Waals surface area contributed by atoms with E-state index >= 15 is 0 Å². The number of unbranched alkanes of at least 4 members (excludes halogenated alkanes) is 3. The molecule has 0 spiro atoms. The zero-order valence-electron chi connectivity index (χ0n) is 11.1. The summed E-state index contributed by atoms with van der Waals surface area (Å²) in [6.07, 6.45) is 3.92. The molecule has 1 aliphatic rings. The summed E-state index contributed by atoms with van der Waals surface area (Å²) in [6.45, 7) is 1.58. The van der Waals surface area contributed by atoms with Gasteiger partial charge in [-0.2, -0.15) is 0 Å². The highest BCUT2D eigenvalue weighted by Crippen LogP contribution is 2.38. The average molecular weight is 267 g/mol. The van der Waals surface area contributed by atoms with Crippen LogP contribution in [-0.4, -0.2) is 25.1 Å². The summed E-state index contributed by atoms with van der Waals surface area (Å²) in [6, 6.07) is 3.72. The molecule has 5 heteroatoms. The number of hydrogen-bond donors (Lipinski definition) is 2. The minimum atomic E-state index is 0.254. The first kappa shape index (κ1) is 14.0. The summed E-state index contributed by atoms with van der Waals surface area (Å²) < 4.78 is 16.4. The van der Waals surface area contributed by atoms with Crippen molar-refractivity contribution in [1.29, 1.82) is 0 Å². The Balaban J connectivity index is 1.85. The van der Waals surface area contributed by atoms with Gasteiger partial charge in [-0.25, -0.2) is 0 Å². The highest BCUT2D eigenvalue weighted by Gasteiger charge is 2.17. The third-order valence-corrected chi connectivity index (χ3v) is 3.09. The van der Waals surface area contributed by atoms with E-state index in [-0.39, 0.29) is 13.4 Å². The Morgan fingerprint density at radius 1 is 1.11 bits per heavy atom. The predicted molar refractivity (Wildman–Crippen MR) is 71.5 cm³/mol. The van der Waals surface area contributed by atoms with Gasteiger partial charge in [0, 0.05) is 24.8 Å². The van der Waals surface area contributed by atoms with Gasteiger partial charge in [0.15, 0.2) is 11.5 Å². The summed E-state index contributed by atoms with van der Waals surface area (Å²) >= 11 is 0. The summed E-state index contributed by atoms with van der Waals surface area (Å²) in [7, 11) is 0. The Bertz CT molecular complexity index is 409. The van der Waals surface area contributed by atoms with E-state index in [1.807, 2.05) is 12.1 Å². The van der Waals surface area contributed by atoms with Gasteiger partial charge in [0.25, 0.3) is 0 Å². The fourth-order valence-corrected chi connectivity index (χ4v) is 2.01. The SMILES string of the molecule is NCc1cc2c(cc1OCCCCCCO)OCO2. The van der Waals surface area contributed by atoms with Crippen LogP contribution in [0.1, 0.15) is 31.2 Å². The number of nitrogens with two attached hydrogens (primary N) is 1. The quantitative estimate of drug-likeness (QED) is 0.703. The lowest BCUT2D eigenvalue weighted by atomic mass is 10.1. The average Bonchev–Trinajstić information content (AvgIpc) is 2.88. The monoisotopic (exact) mass is 267 g/mol. The van der Waals surface area contributed by atoms with Gasteiger partial charge in [-0.15, -0.1) is 0 Å². The lowest BCUT2D eigenvalue weighted by molar-refractivity contribution is 0.173. The van der Waals surface area contributed by atoms with Crippen molar-refractivity contribution >= 4 is 0 Å². The van der Waals surface area contributed by atoms with Crippen LogP contribution in [0.4, 0.5) is 0 Å². The first-order valence-corrected chi connectivity index (χ1v) is 6.71. The molecule has 5 nitrogen and oxygen atoms in total. The van der Waals surface area contributed by atoms with Crippen LogP contribution < -0.4 is 19.9 Å². The van der Waals surface area contributed by atoms with Crippen molar-refractivity contribution < 1.29 is 19.3 Å². The molecule has 0 unspecified atom stereocenters. The van der Waals surface area contributed by atoms with Crippen LogP contribution in [-0.2, 0) is 6.54 Å². The second-order valence-electron chi connectivity index (χ2n) is 4.50. The maximum Gasteiger partial charge on any atom is 0.231 e. The smallest absolute Gasteiger partial charge is 0.231 e. The topological polar surface area (TPSA) is 73.9 Å². The maximum absolute atomic E-state index is 8.69. The van der Waals surface area contributed by atoms with Crippen LogP contribution in [0.15, 0.2) is 12.1 Å². The van der Waals surface area contributed by atoms with Gasteiger partial charge in [0.05, 0.1) is 6.61 Å². The largest absolute Gasteiger partial charge is 0.493 e. The molecule has 2 rings (SSSR count). The second-order valence-corrected chi connectivity index (χ2v) is 4.50. The second kappa shape index (κ2) is 7.21. The molecule has 1 aliphatic heterocycles. The highest BCUT2D eigenvalue weighted by molar-refractivity contribution is 5.51. The van der Waals surface area contributed by atoms with Gasteiger partial charge < -0.3 is 25.1 Å². The first-order chi connectivity index (χ1) is 9.35. The van der Waals surface area contributed by atoms with Gasteiger partial charge in [-0.05, 0) is 25.3 Å². The molecule has 0 saturated carbocycles. The number of benzene rings is 1. The Labute approximate surface area is 113 Å². The van der Waals surface area contributed by atoms with E-state index in [0.717, 1.165) is 42.7 Å². The van der Waals surface area contributed by atoms with Crippen LogP contribution in [0, 0.1) is 0 Å². The molecule has 1 aromatic carbocycles. The maximum atomic E-state index is 8.69. The van der Waals surface area contributed by atoms with E-state index < -0.39 is 0 Å². The Morgan fingerprint density at radius 3 is 2.58 bits per heavy atom. The van der Waals surface area contributed by atoms with Crippen molar-refractivity contribution in [3.8, 4) is 17.2 Å². The summed E-state index contributed by atoms with van der Waals surface area (Å²) in [4.78, 5) is 0. The third kappa shape index (κ3) is 3.75. The lowest BCUT2D eigenvalue weighted by Gasteiger charge is -2.11. The van der Waals surface area contributed by atoms with Crippen molar-refractivity contribution in [1.82, 2.24) is 0 Å². The standard InChI is InChI=1S/C14H21NO4/c15-9-11-7-13-14(19-10-18-13)8-12(11)17-6-4-2-1-3-5-16/h7-8,16H,1-6,9-10,15H2. The number of ether oxygens (including phenoxy) is 3. The van der Waals surface area contributed by atoms with Crippen molar-refractivity contribution in [2.75, 3.05) is 20.0 Å². The highest BCUT2D eigenvalue weighted by atomic mass is 16.7. The van der Waals surface area contributed by atoms with E-state index in [0.29, 0.717) is 18.9 Å².